The third-order valence-electron chi connectivity index (χ3n) is 2.40. The van der Waals surface area contributed by atoms with Crippen molar-refractivity contribution < 1.29 is 0 Å². The van der Waals surface area contributed by atoms with E-state index in [9.17, 15) is 0 Å². The van der Waals surface area contributed by atoms with Crippen molar-refractivity contribution in [2.24, 2.45) is 16.8 Å². The van der Waals surface area contributed by atoms with Crippen molar-refractivity contribution in [3.8, 4) is 0 Å². The zero-order valence-corrected chi connectivity index (χ0v) is 11.0. The van der Waals surface area contributed by atoms with E-state index in [2.05, 4.69) is 57.8 Å². The Balaban J connectivity index is 4.67. The Bertz CT molecular complexity index is 255. The van der Waals surface area contributed by atoms with Gasteiger partial charge >= 0.3 is 0 Å². The molecule has 0 fully saturated rings. The van der Waals surface area contributed by atoms with Gasteiger partial charge in [0.1, 0.15) is 0 Å². The highest BCUT2D eigenvalue weighted by Gasteiger charge is 2.01. The zero-order valence-electron chi connectivity index (χ0n) is 11.0. The first kappa shape index (κ1) is 14.2. The molecule has 0 aromatic heterocycles. The summed E-state index contributed by atoms with van der Waals surface area (Å²) >= 11 is 0. The summed E-state index contributed by atoms with van der Waals surface area (Å²) in [6.45, 7) is 11.0. The quantitative estimate of drug-likeness (QED) is 0.472. The molecule has 0 bridgehead atoms. The fraction of sp³-hybridized carbons (Fsp3) is 0.643. The number of aliphatic imine (C=N–C) groups is 1. The standard InChI is InChI=1S/C14H25N/c1-7-8-13(11(2)3)9-10-14(15-6)12(4)5/h8-12H,7H2,1-6H3/b10-9-,13-8-,15-14?. The van der Waals surface area contributed by atoms with Crippen molar-refractivity contribution in [2.45, 2.75) is 41.0 Å². The molecule has 0 aromatic carbocycles. The van der Waals surface area contributed by atoms with Gasteiger partial charge in [-0.2, -0.15) is 0 Å². The summed E-state index contributed by atoms with van der Waals surface area (Å²) in [7, 11) is 1.86. The van der Waals surface area contributed by atoms with E-state index in [4.69, 9.17) is 0 Å². The normalized spacial score (nSPS) is 14.7. The number of allylic oxidation sites excluding steroid dienone is 4. The molecule has 86 valence electrons. The van der Waals surface area contributed by atoms with Crippen LogP contribution in [0, 0.1) is 11.8 Å². The molecule has 0 amide bonds. The van der Waals surface area contributed by atoms with Gasteiger partial charge in [-0.1, -0.05) is 46.8 Å². The summed E-state index contributed by atoms with van der Waals surface area (Å²) in [5.41, 5.74) is 2.57. The van der Waals surface area contributed by atoms with Gasteiger partial charge in [-0.3, -0.25) is 4.99 Å². The molecule has 0 radical (unpaired) electrons. The molecule has 1 nitrogen and oxygen atoms in total. The summed E-state index contributed by atoms with van der Waals surface area (Å²) in [5, 5.41) is 0. The van der Waals surface area contributed by atoms with Crippen LogP contribution in [0.5, 0.6) is 0 Å². The van der Waals surface area contributed by atoms with Crippen molar-refractivity contribution in [1.82, 2.24) is 0 Å². The molecule has 1 heteroatoms. The van der Waals surface area contributed by atoms with Crippen molar-refractivity contribution in [3.63, 3.8) is 0 Å². The van der Waals surface area contributed by atoms with Gasteiger partial charge < -0.3 is 0 Å². The van der Waals surface area contributed by atoms with Gasteiger partial charge in [0.05, 0.1) is 0 Å². The van der Waals surface area contributed by atoms with Crippen LogP contribution in [0.2, 0.25) is 0 Å². The van der Waals surface area contributed by atoms with E-state index in [0.29, 0.717) is 11.8 Å². The molecule has 0 aromatic rings. The maximum atomic E-state index is 4.28. The van der Waals surface area contributed by atoms with Crippen LogP contribution in [0.25, 0.3) is 0 Å². The van der Waals surface area contributed by atoms with E-state index < -0.39 is 0 Å². The summed E-state index contributed by atoms with van der Waals surface area (Å²) in [6.07, 6.45) is 7.73. The minimum atomic E-state index is 0.501. The molecule has 0 aliphatic rings. The van der Waals surface area contributed by atoms with Gasteiger partial charge in [0.15, 0.2) is 0 Å². The summed E-state index contributed by atoms with van der Waals surface area (Å²) in [6, 6.07) is 0. The van der Waals surface area contributed by atoms with E-state index in [1.807, 2.05) is 7.05 Å². The number of rotatable bonds is 5. The fourth-order valence-corrected chi connectivity index (χ4v) is 1.44. The number of hydrogen-bond acceptors (Lipinski definition) is 1. The molecular weight excluding hydrogens is 182 g/mol. The lowest BCUT2D eigenvalue weighted by atomic mass is 9.99. The van der Waals surface area contributed by atoms with Crippen LogP contribution in [0.4, 0.5) is 0 Å². The highest BCUT2D eigenvalue weighted by atomic mass is 14.7. The Morgan fingerprint density at radius 2 is 1.67 bits per heavy atom. The van der Waals surface area contributed by atoms with E-state index in [0.717, 1.165) is 12.1 Å². The lowest BCUT2D eigenvalue weighted by Gasteiger charge is -2.08. The predicted octanol–water partition coefficient (Wildman–Crippen LogP) is 4.26. The van der Waals surface area contributed by atoms with Crippen molar-refractivity contribution in [1.29, 1.82) is 0 Å². The van der Waals surface area contributed by atoms with Gasteiger partial charge in [-0.15, -0.1) is 0 Å². The van der Waals surface area contributed by atoms with Crippen LogP contribution in [-0.4, -0.2) is 12.8 Å². The maximum Gasteiger partial charge on any atom is 0.0370 e. The van der Waals surface area contributed by atoms with E-state index in [1.54, 1.807) is 0 Å². The van der Waals surface area contributed by atoms with Gasteiger partial charge in [-0.25, -0.2) is 0 Å². The predicted molar refractivity (Wildman–Crippen MR) is 70.5 cm³/mol. The first-order valence-corrected chi connectivity index (χ1v) is 5.87. The first-order valence-electron chi connectivity index (χ1n) is 5.87. The average molecular weight is 207 g/mol. The molecule has 0 saturated carbocycles. The summed E-state index contributed by atoms with van der Waals surface area (Å²) < 4.78 is 0. The molecule has 0 aliphatic carbocycles. The molecule has 0 atom stereocenters. The molecule has 0 saturated heterocycles. The topological polar surface area (TPSA) is 12.4 Å². The van der Waals surface area contributed by atoms with Gasteiger partial charge in [0, 0.05) is 12.8 Å². The van der Waals surface area contributed by atoms with E-state index >= 15 is 0 Å². The Kier molecular flexibility index (Phi) is 7.02. The SMILES string of the molecule is CC/C=C(/C=C\C(=NC)C(C)C)C(C)C. The van der Waals surface area contributed by atoms with Crippen LogP contribution >= 0.6 is 0 Å². The monoisotopic (exact) mass is 207 g/mol. The number of nitrogens with zero attached hydrogens (tertiary/aromatic N) is 1. The van der Waals surface area contributed by atoms with Crippen LogP contribution in [0.15, 0.2) is 28.8 Å². The van der Waals surface area contributed by atoms with E-state index in [-0.39, 0.29) is 0 Å². The number of hydrogen-bond donors (Lipinski definition) is 0. The maximum absolute atomic E-state index is 4.28. The average Bonchev–Trinajstić information content (AvgIpc) is 2.16. The van der Waals surface area contributed by atoms with Gasteiger partial charge in [0.25, 0.3) is 0 Å². The smallest absolute Gasteiger partial charge is 0.0370 e. The highest BCUT2D eigenvalue weighted by Crippen LogP contribution is 2.12. The van der Waals surface area contributed by atoms with Crippen molar-refractivity contribution in [2.75, 3.05) is 7.05 Å². The lowest BCUT2D eigenvalue weighted by molar-refractivity contribution is 0.785. The van der Waals surface area contributed by atoms with Crippen LogP contribution in [0.3, 0.4) is 0 Å². The van der Waals surface area contributed by atoms with Gasteiger partial charge in [-0.05, 0) is 29.9 Å². The second kappa shape index (κ2) is 7.44. The summed E-state index contributed by atoms with van der Waals surface area (Å²) in [4.78, 5) is 4.28. The Labute approximate surface area is 95.0 Å². The third-order valence-corrected chi connectivity index (χ3v) is 2.40. The van der Waals surface area contributed by atoms with Crippen LogP contribution < -0.4 is 0 Å². The molecule has 0 rings (SSSR count). The Morgan fingerprint density at radius 1 is 1.07 bits per heavy atom. The lowest BCUT2D eigenvalue weighted by Crippen LogP contribution is -2.04. The zero-order chi connectivity index (χ0) is 11.8. The minimum absolute atomic E-state index is 0.501. The Hall–Kier alpha value is -0.850. The van der Waals surface area contributed by atoms with Crippen molar-refractivity contribution >= 4 is 5.71 Å². The summed E-state index contributed by atoms with van der Waals surface area (Å²) in [5.74, 6) is 1.09. The van der Waals surface area contributed by atoms with Gasteiger partial charge in [0.2, 0.25) is 0 Å². The molecule has 0 aliphatic heterocycles. The minimum Gasteiger partial charge on any atom is -0.293 e. The molecule has 0 N–H and O–H groups in total. The first-order chi connectivity index (χ1) is 7.02. The second-order valence-corrected chi connectivity index (χ2v) is 4.40. The molecule has 0 heterocycles. The largest absolute Gasteiger partial charge is 0.293 e. The van der Waals surface area contributed by atoms with Crippen molar-refractivity contribution in [3.05, 3.63) is 23.8 Å². The molecule has 0 unspecified atom stereocenters. The molecular formula is C14H25N. The second-order valence-electron chi connectivity index (χ2n) is 4.40. The van der Waals surface area contributed by atoms with Crippen LogP contribution in [-0.2, 0) is 0 Å². The Morgan fingerprint density at radius 3 is 2.00 bits per heavy atom. The highest BCUT2D eigenvalue weighted by molar-refractivity contribution is 5.96. The van der Waals surface area contributed by atoms with Crippen LogP contribution in [0.1, 0.15) is 41.0 Å². The van der Waals surface area contributed by atoms with E-state index in [1.165, 1.54) is 5.57 Å². The third kappa shape index (κ3) is 5.56. The molecule has 15 heavy (non-hydrogen) atoms. The fourth-order valence-electron chi connectivity index (χ4n) is 1.44. The molecule has 0 spiro atoms.